The quantitative estimate of drug-likeness (QED) is 0.132. The lowest BCUT2D eigenvalue weighted by atomic mass is 9.83. The van der Waals surface area contributed by atoms with Crippen molar-refractivity contribution in [2.75, 3.05) is 0 Å². The molecule has 1 saturated carbocycles. The molecule has 1 aliphatic rings. The summed E-state index contributed by atoms with van der Waals surface area (Å²) in [5.41, 5.74) is -1.46. The van der Waals surface area contributed by atoms with E-state index in [2.05, 4.69) is 0 Å². The Morgan fingerprint density at radius 1 is 0.857 bits per heavy atom. The standard InChI is InChI=1S/C14H18N2O7.C12H14N2O5/c1-5-9(4)11-6-10(15(18)19)7-12(16(20)21)13(11)23-14(17)22-8(2)3;15-12-10(8-4-2-1-3-5-8)6-9(13(16)17)7-11(12)14(18)19/h6-9H,5H2,1-4H3;6-8,15H,1-5H2. The number of nitro groups is 4. The summed E-state index contributed by atoms with van der Waals surface area (Å²) < 4.78 is 9.80. The molecule has 0 aliphatic heterocycles. The van der Waals surface area contributed by atoms with E-state index in [9.17, 15) is 50.4 Å². The molecule has 0 bridgehead atoms. The zero-order valence-corrected chi connectivity index (χ0v) is 23.5. The molecule has 1 fully saturated rings. The number of non-ortho nitro benzene ring substituents is 2. The highest BCUT2D eigenvalue weighted by molar-refractivity contribution is 5.70. The van der Waals surface area contributed by atoms with Crippen molar-refractivity contribution in [3.63, 3.8) is 0 Å². The first kappa shape index (κ1) is 33.3. The Balaban J connectivity index is 0.000000298. The van der Waals surface area contributed by atoms with E-state index in [1.54, 1.807) is 20.8 Å². The Labute approximate surface area is 239 Å². The molecule has 228 valence electrons. The maximum absolute atomic E-state index is 11.7. The fraction of sp³-hybridized carbons (Fsp3) is 0.500. The molecule has 16 heteroatoms. The van der Waals surface area contributed by atoms with Crippen LogP contribution in [0.25, 0.3) is 0 Å². The maximum Gasteiger partial charge on any atom is 0.514 e. The smallest absolute Gasteiger partial charge is 0.502 e. The molecule has 1 unspecified atom stereocenters. The molecule has 1 N–H and O–H groups in total. The molecule has 0 spiro atoms. The topological polar surface area (TPSA) is 228 Å². The molecule has 3 rings (SSSR count). The SMILES string of the molecule is CCC(C)c1cc([N+](=O)[O-])cc([N+](=O)[O-])c1OC(=O)OC(C)C.O=[N+]([O-])c1cc(C2CCCCC2)c(O)c([N+](=O)[O-])c1. The van der Waals surface area contributed by atoms with Gasteiger partial charge in [0, 0.05) is 23.3 Å². The van der Waals surface area contributed by atoms with Gasteiger partial charge in [-0.05, 0) is 44.9 Å². The van der Waals surface area contributed by atoms with Gasteiger partial charge in [-0.2, -0.15) is 0 Å². The Morgan fingerprint density at radius 2 is 1.38 bits per heavy atom. The lowest BCUT2D eigenvalue weighted by molar-refractivity contribution is -0.395. The first-order valence-electron chi connectivity index (χ1n) is 13.2. The number of hydrogen-bond donors (Lipinski definition) is 1. The van der Waals surface area contributed by atoms with Gasteiger partial charge in [0.2, 0.25) is 5.75 Å². The van der Waals surface area contributed by atoms with E-state index in [0.29, 0.717) is 12.0 Å². The second kappa shape index (κ2) is 14.7. The van der Waals surface area contributed by atoms with Crippen molar-refractivity contribution in [1.29, 1.82) is 0 Å². The van der Waals surface area contributed by atoms with E-state index in [1.807, 2.05) is 6.92 Å². The zero-order chi connectivity index (χ0) is 31.7. The number of carbonyl (C=O) groups excluding carboxylic acids is 1. The Morgan fingerprint density at radius 3 is 1.86 bits per heavy atom. The molecule has 42 heavy (non-hydrogen) atoms. The zero-order valence-electron chi connectivity index (χ0n) is 23.5. The number of phenolic OH excluding ortho intramolecular Hbond substituents is 1. The van der Waals surface area contributed by atoms with Crippen LogP contribution in [-0.2, 0) is 4.74 Å². The number of phenols is 1. The van der Waals surface area contributed by atoms with Gasteiger partial charge in [0.05, 0.1) is 37.9 Å². The molecule has 0 saturated heterocycles. The van der Waals surface area contributed by atoms with Gasteiger partial charge in [-0.25, -0.2) is 4.79 Å². The van der Waals surface area contributed by atoms with E-state index < -0.39 is 54.8 Å². The van der Waals surface area contributed by atoms with Gasteiger partial charge >= 0.3 is 17.5 Å². The highest BCUT2D eigenvalue weighted by Crippen LogP contribution is 2.43. The molecule has 0 heterocycles. The molecule has 0 amide bonds. The van der Waals surface area contributed by atoms with Crippen molar-refractivity contribution in [3.05, 3.63) is 75.8 Å². The van der Waals surface area contributed by atoms with E-state index in [1.165, 1.54) is 12.1 Å². The summed E-state index contributed by atoms with van der Waals surface area (Å²) >= 11 is 0. The Bertz CT molecular complexity index is 1360. The summed E-state index contributed by atoms with van der Waals surface area (Å²) in [5.74, 6) is -1.06. The predicted molar refractivity (Wildman–Crippen MR) is 148 cm³/mol. The molecule has 1 aliphatic carbocycles. The Hall–Kier alpha value is -4.89. The van der Waals surface area contributed by atoms with E-state index >= 15 is 0 Å². The van der Waals surface area contributed by atoms with E-state index in [-0.39, 0.29) is 28.8 Å². The fourth-order valence-electron chi connectivity index (χ4n) is 4.45. The third kappa shape index (κ3) is 8.55. The summed E-state index contributed by atoms with van der Waals surface area (Å²) in [6, 6.07) is 4.02. The summed E-state index contributed by atoms with van der Waals surface area (Å²) in [5, 5.41) is 53.8. The number of nitrogens with zero attached hydrogens (tertiary/aromatic N) is 4. The van der Waals surface area contributed by atoms with Crippen molar-refractivity contribution < 1.29 is 39.1 Å². The molecular weight excluding hydrogens is 560 g/mol. The van der Waals surface area contributed by atoms with Crippen LogP contribution in [-0.4, -0.2) is 37.1 Å². The first-order chi connectivity index (χ1) is 19.7. The normalized spacial score (nSPS) is 13.8. The van der Waals surface area contributed by atoms with Gasteiger partial charge in [0.25, 0.3) is 11.4 Å². The van der Waals surface area contributed by atoms with Crippen LogP contribution in [0.15, 0.2) is 24.3 Å². The van der Waals surface area contributed by atoms with Crippen molar-refractivity contribution in [1.82, 2.24) is 0 Å². The second-order valence-electron chi connectivity index (χ2n) is 9.98. The van der Waals surface area contributed by atoms with Gasteiger partial charge in [-0.1, -0.05) is 33.1 Å². The van der Waals surface area contributed by atoms with E-state index in [4.69, 9.17) is 9.47 Å². The molecule has 2 aromatic carbocycles. The molecule has 0 radical (unpaired) electrons. The minimum Gasteiger partial charge on any atom is -0.502 e. The van der Waals surface area contributed by atoms with Crippen LogP contribution < -0.4 is 4.74 Å². The number of carbonyl (C=O) groups is 1. The van der Waals surface area contributed by atoms with Gasteiger partial charge in [0.15, 0.2) is 5.75 Å². The lowest BCUT2D eigenvalue weighted by Crippen LogP contribution is -2.17. The molecular formula is C26H32N4O12. The third-order valence-electron chi connectivity index (χ3n) is 6.71. The van der Waals surface area contributed by atoms with E-state index in [0.717, 1.165) is 44.2 Å². The molecule has 2 aromatic rings. The predicted octanol–water partition coefficient (Wildman–Crippen LogP) is 7.20. The summed E-state index contributed by atoms with van der Waals surface area (Å²) in [6.07, 6.45) is 3.62. The number of hydrogen-bond acceptors (Lipinski definition) is 12. The molecule has 1 atom stereocenters. The number of benzene rings is 2. The number of rotatable bonds is 9. The number of nitro benzene ring substituents is 4. The second-order valence-corrected chi connectivity index (χ2v) is 9.98. The maximum atomic E-state index is 11.7. The van der Waals surface area contributed by atoms with Gasteiger partial charge < -0.3 is 14.6 Å². The largest absolute Gasteiger partial charge is 0.514 e. The first-order valence-corrected chi connectivity index (χ1v) is 13.2. The fourth-order valence-corrected chi connectivity index (χ4v) is 4.45. The molecule has 16 nitrogen and oxygen atoms in total. The highest BCUT2D eigenvalue weighted by Gasteiger charge is 2.30. The van der Waals surface area contributed by atoms with Gasteiger partial charge in [-0.15, -0.1) is 0 Å². The van der Waals surface area contributed by atoms with Crippen LogP contribution in [0.1, 0.15) is 89.2 Å². The number of ether oxygens (including phenoxy) is 2. The van der Waals surface area contributed by atoms with Gasteiger partial charge in [-0.3, -0.25) is 40.5 Å². The average Bonchev–Trinajstić information content (AvgIpc) is 2.92. The van der Waals surface area contributed by atoms with Crippen molar-refractivity contribution >= 4 is 28.9 Å². The van der Waals surface area contributed by atoms with Gasteiger partial charge in [0.1, 0.15) is 0 Å². The van der Waals surface area contributed by atoms with Crippen LogP contribution in [0, 0.1) is 40.5 Å². The monoisotopic (exact) mass is 592 g/mol. The summed E-state index contributed by atoms with van der Waals surface area (Å²) in [7, 11) is 0. The van der Waals surface area contributed by atoms with Crippen LogP contribution in [0.2, 0.25) is 0 Å². The number of aromatic hydroxyl groups is 1. The lowest BCUT2D eigenvalue weighted by Gasteiger charge is -2.22. The third-order valence-corrected chi connectivity index (χ3v) is 6.71. The molecule has 0 aromatic heterocycles. The minimum absolute atomic E-state index is 0.0349. The highest BCUT2D eigenvalue weighted by atomic mass is 16.7. The summed E-state index contributed by atoms with van der Waals surface area (Å²) in [4.78, 5) is 52.5. The van der Waals surface area contributed by atoms with Crippen molar-refractivity contribution in [3.8, 4) is 11.5 Å². The average molecular weight is 593 g/mol. The van der Waals surface area contributed by atoms with Crippen LogP contribution >= 0.6 is 0 Å². The van der Waals surface area contributed by atoms with Crippen LogP contribution in [0.4, 0.5) is 27.5 Å². The van der Waals surface area contributed by atoms with Crippen molar-refractivity contribution in [2.24, 2.45) is 0 Å². The van der Waals surface area contributed by atoms with Crippen LogP contribution in [0.3, 0.4) is 0 Å². The minimum atomic E-state index is -1.10. The van der Waals surface area contributed by atoms with Crippen LogP contribution in [0.5, 0.6) is 11.5 Å². The summed E-state index contributed by atoms with van der Waals surface area (Å²) in [6.45, 7) is 6.73. The van der Waals surface area contributed by atoms with Crippen molar-refractivity contribution in [2.45, 2.75) is 84.2 Å². The Kier molecular flexibility index (Phi) is 11.6.